The molecule has 0 aromatic heterocycles. The number of halogens is 2. The lowest BCUT2D eigenvalue weighted by molar-refractivity contribution is -0.135. The van der Waals surface area contributed by atoms with Crippen molar-refractivity contribution < 1.29 is 23.1 Å². The highest BCUT2D eigenvalue weighted by molar-refractivity contribution is 5.87. The second-order valence-corrected chi connectivity index (χ2v) is 13.1. The van der Waals surface area contributed by atoms with Crippen LogP contribution < -0.4 is 5.32 Å². The van der Waals surface area contributed by atoms with E-state index in [0.29, 0.717) is 32.0 Å². The number of carbonyl (C=O) groups excluding carboxylic acids is 2. The van der Waals surface area contributed by atoms with Crippen LogP contribution in [0, 0.1) is 28.9 Å². The first-order chi connectivity index (χ1) is 20.0. The fraction of sp³-hybridized carbons (Fsp3) is 0.531. The van der Waals surface area contributed by atoms with E-state index in [1.54, 1.807) is 49.9 Å². The number of amides is 2. The third kappa shape index (κ3) is 5.72. The van der Waals surface area contributed by atoms with Gasteiger partial charge in [-0.2, -0.15) is 5.26 Å². The number of carbonyl (C=O) groups is 2. The molecule has 0 spiro atoms. The second kappa shape index (κ2) is 10.9. The molecule has 0 radical (unpaired) electrons. The van der Waals surface area contributed by atoms with Crippen molar-refractivity contribution in [1.82, 2.24) is 20.0 Å². The first-order valence-corrected chi connectivity index (χ1v) is 14.7. The molecule has 3 heterocycles. The zero-order valence-electron chi connectivity index (χ0n) is 24.2. The molecular weight excluding hydrogens is 540 g/mol. The van der Waals surface area contributed by atoms with Crippen LogP contribution in [-0.4, -0.2) is 82.1 Å². The molecule has 42 heavy (non-hydrogen) atoms. The Morgan fingerprint density at radius 1 is 0.976 bits per heavy atom. The van der Waals surface area contributed by atoms with Gasteiger partial charge in [0.1, 0.15) is 29.3 Å². The molecule has 8 nitrogen and oxygen atoms in total. The summed E-state index contributed by atoms with van der Waals surface area (Å²) < 4.78 is 33.1. The Morgan fingerprint density at radius 2 is 1.60 bits per heavy atom. The van der Waals surface area contributed by atoms with Crippen molar-refractivity contribution in [2.24, 2.45) is 5.92 Å². The molecule has 2 aromatic rings. The average molecular weight is 578 g/mol. The van der Waals surface area contributed by atoms with E-state index in [9.17, 15) is 23.6 Å². The zero-order chi connectivity index (χ0) is 29.8. The standard InChI is InChI=1S/C32H37F2N5O3/c1-32(2,3)42-31(41)36-27(30(40)39-24(15-35)12-21-13-28(21)39)18-37-16-26-14-25(37)17-38(26)29(19-4-8-22(33)9-5-19)20-6-10-23(34)11-7-20/h4-11,21,24-29H,12-14,16-18H2,1-3H3,(H,36,41)/t21?,24?,25?,26-,27?,28?/m0/s1. The van der Waals surface area contributed by atoms with Crippen LogP contribution in [0.25, 0.3) is 0 Å². The van der Waals surface area contributed by atoms with Gasteiger partial charge in [-0.1, -0.05) is 24.3 Å². The number of fused-ring (bicyclic) bond motifs is 3. The minimum Gasteiger partial charge on any atom is -0.444 e. The summed E-state index contributed by atoms with van der Waals surface area (Å²) in [6.07, 6.45) is 1.81. The molecule has 1 N–H and O–H groups in total. The first-order valence-electron chi connectivity index (χ1n) is 14.7. The van der Waals surface area contributed by atoms with Crippen molar-refractivity contribution >= 4 is 12.0 Å². The van der Waals surface area contributed by atoms with Gasteiger partial charge in [0, 0.05) is 37.8 Å². The number of hydrogen-bond donors (Lipinski definition) is 1. The molecule has 1 saturated carbocycles. The number of ether oxygens (including phenoxy) is 1. The lowest BCUT2D eigenvalue weighted by Crippen LogP contribution is -2.58. The monoisotopic (exact) mass is 577 g/mol. The van der Waals surface area contributed by atoms with Crippen LogP contribution in [0.3, 0.4) is 0 Å². The summed E-state index contributed by atoms with van der Waals surface area (Å²) in [4.78, 5) is 33.0. The summed E-state index contributed by atoms with van der Waals surface area (Å²) in [5.41, 5.74) is 1.14. The fourth-order valence-corrected chi connectivity index (χ4v) is 7.12. The van der Waals surface area contributed by atoms with Gasteiger partial charge in [-0.3, -0.25) is 14.6 Å². The number of rotatable bonds is 7. The molecule has 222 valence electrons. The third-order valence-electron chi connectivity index (χ3n) is 9.01. The molecule has 3 aliphatic heterocycles. The number of piperidine rings is 1. The minimum absolute atomic E-state index is 0.0720. The topological polar surface area (TPSA) is 88.9 Å². The van der Waals surface area contributed by atoms with E-state index in [1.807, 2.05) is 0 Å². The van der Waals surface area contributed by atoms with Crippen LogP contribution in [0.5, 0.6) is 0 Å². The Labute approximate surface area is 245 Å². The summed E-state index contributed by atoms with van der Waals surface area (Å²) in [5.74, 6) is -0.485. The van der Waals surface area contributed by atoms with Crippen LogP contribution in [0.15, 0.2) is 48.5 Å². The molecule has 4 aliphatic rings. The molecule has 2 bridgehead atoms. The summed E-state index contributed by atoms with van der Waals surface area (Å²) in [7, 11) is 0. The van der Waals surface area contributed by atoms with Gasteiger partial charge in [0.25, 0.3) is 0 Å². The first kappa shape index (κ1) is 28.6. The van der Waals surface area contributed by atoms with Gasteiger partial charge in [-0.05, 0) is 81.3 Å². The highest BCUT2D eigenvalue weighted by atomic mass is 19.1. The maximum atomic E-state index is 13.9. The molecule has 5 unspecified atom stereocenters. The van der Waals surface area contributed by atoms with E-state index in [2.05, 4.69) is 21.2 Å². The van der Waals surface area contributed by atoms with Crippen molar-refractivity contribution in [3.8, 4) is 6.07 Å². The lowest BCUT2D eigenvalue weighted by atomic mass is 9.96. The molecular formula is C32H37F2N5O3. The molecule has 1 aliphatic carbocycles. The third-order valence-corrected chi connectivity index (χ3v) is 9.01. The molecule has 6 rings (SSSR count). The highest BCUT2D eigenvalue weighted by Crippen LogP contribution is 2.48. The number of benzene rings is 2. The Bertz CT molecular complexity index is 1330. The number of likely N-dealkylation sites (tertiary alicyclic amines) is 3. The quantitative estimate of drug-likeness (QED) is 0.530. The van der Waals surface area contributed by atoms with Crippen molar-refractivity contribution in [3.05, 3.63) is 71.3 Å². The van der Waals surface area contributed by atoms with Crippen molar-refractivity contribution in [3.63, 3.8) is 0 Å². The summed E-state index contributed by atoms with van der Waals surface area (Å²) in [6, 6.07) is 14.0. The lowest BCUT2D eigenvalue weighted by Gasteiger charge is -2.40. The molecule has 4 fully saturated rings. The Balaban J connectivity index is 1.20. The van der Waals surface area contributed by atoms with Crippen LogP contribution >= 0.6 is 0 Å². The Hall–Kier alpha value is -3.55. The second-order valence-electron chi connectivity index (χ2n) is 13.1. The SMILES string of the molecule is CC(C)(C)OC(=O)NC(CN1C[C@@H]2CC1CN2C(c1ccc(F)cc1)c1ccc(F)cc1)C(=O)N1C(C#N)CC2CC21. The van der Waals surface area contributed by atoms with Crippen molar-refractivity contribution in [2.45, 2.75) is 81.9 Å². The normalized spacial score (nSPS) is 27.5. The van der Waals surface area contributed by atoms with E-state index in [4.69, 9.17) is 4.74 Å². The maximum Gasteiger partial charge on any atom is 0.408 e. The van der Waals surface area contributed by atoms with E-state index in [1.165, 1.54) is 24.3 Å². The number of nitrogens with one attached hydrogen (secondary N) is 1. The number of nitrogens with zero attached hydrogens (tertiary/aromatic N) is 4. The molecule has 2 aromatic carbocycles. The number of hydrogen-bond acceptors (Lipinski definition) is 6. The predicted octanol–water partition coefficient (Wildman–Crippen LogP) is 4.22. The van der Waals surface area contributed by atoms with Gasteiger partial charge in [-0.25, -0.2) is 13.6 Å². The predicted molar refractivity (Wildman–Crippen MR) is 151 cm³/mol. The number of piperazine rings is 1. The fourth-order valence-electron chi connectivity index (χ4n) is 7.12. The Kier molecular flexibility index (Phi) is 7.44. The van der Waals surface area contributed by atoms with Gasteiger partial charge in [-0.15, -0.1) is 0 Å². The van der Waals surface area contributed by atoms with E-state index < -0.39 is 23.8 Å². The smallest absolute Gasteiger partial charge is 0.408 e. The molecule has 3 saturated heterocycles. The number of alkyl carbamates (subject to hydrolysis) is 1. The van der Waals surface area contributed by atoms with Crippen LogP contribution in [0.4, 0.5) is 13.6 Å². The summed E-state index contributed by atoms with van der Waals surface area (Å²) >= 11 is 0. The minimum atomic E-state index is -0.840. The maximum absolute atomic E-state index is 13.9. The van der Waals surface area contributed by atoms with Crippen LogP contribution in [-0.2, 0) is 9.53 Å². The van der Waals surface area contributed by atoms with Gasteiger partial charge in [0.05, 0.1) is 12.1 Å². The summed E-state index contributed by atoms with van der Waals surface area (Å²) in [5, 5.41) is 12.5. The average Bonchev–Trinajstić information content (AvgIpc) is 3.24. The van der Waals surface area contributed by atoms with E-state index in [0.717, 1.165) is 24.0 Å². The summed E-state index contributed by atoms with van der Waals surface area (Å²) in [6.45, 7) is 7.02. The van der Waals surface area contributed by atoms with Crippen LogP contribution in [0.2, 0.25) is 0 Å². The van der Waals surface area contributed by atoms with Gasteiger partial charge in [0.15, 0.2) is 0 Å². The van der Waals surface area contributed by atoms with Crippen LogP contribution in [0.1, 0.15) is 57.2 Å². The van der Waals surface area contributed by atoms with Gasteiger partial charge in [0.2, 0.25) is 5.91 Å². The van der Waals surface area contributed by atoms with Crippen molar-refractivity contribution in [2.75, 3.05) is 19.6 Å². The van der Waals surface area contributed by atoms with E-state index >= 15 is 0 Å². The van der Waals surface area contributed by atoms with Gasteiger partial charge < -0.3 is 15.0 Å². The number of nitriles is 1. The molecule has 10 heteroatoms. The highest BCUT2D eigenvalue weighted by Gasteiger charge is 2.56. The molecule has 2 amide bonds. The zero-order valence-corrected chi connectivity index (χ0v) is 24.2. The largest absolute Gasteiger partial charge is 0.444 e. The van der Waals surface area contributed by atoms with E-state index in [-0.39, 0.29) is 41.7 Å². The van der Waals surface area contributed by atoms with Gasteiger partial charge >= 0.3 is 6.09 Å². The Morgan fingerprint density at radius 3 is 2.12 bits per heavy atom. The van der Waals surface area contributed by atoms with Crippen molar-refractivity contribution in [1.29, 1.82) is 5.26 Å². The molecule has 6 atom stereocenters.